The predicted molar refractivity (Wildman–Crippen MR) is 88.8 cm³/mol. The van der Waals surface area contributed by atoms with Crippen molar-refractivity contribution in [2.45, 2.75) is 39.3 Å². The summed E-state index contributed by atoms with van der Waals surface area (Å²) in [6, 6.07) is 2.06. The second kappa shape index (κ2) is 6.68. The first-order chi connectivity index (χ1) is 9.97. The Balaban J connectivity index is 2.27. The molecule has 0 aromatic carbocycles. The van der Waals surface area contributed by atoms with Gasteiger partial charge >= 0.3 is 0 Å². The highest BCUT2D eigenvalue weighted by Gasteiger charge is 2.23. The quantitative estimate of drug-likeness (QED) is 0.823. The van der Waals surface area contributed by atoms with Crippen LogP contribution in [0.5, 0.6) is 0 Å². The zero-order valence-electron chi connectivity index (χ0n) is 13.2. The molecule has 0 bridgehead atoms. The molecule has 0 aliphatic carbocycles. The molecule has 5 nitrogen and oxygen atoms in total. The van der Waals surface area contributed by atoms with Crippen LogP contribution in [0.4, 0.5) is 5.82 Å². The van der Waals surface area contributed by atoms with Crippen LogP contribution in [0.25, 0.3) is 10.2 Å². The lowest BCUT2D eigenvalue weighted by molar-refractivity contribution is 0.0715. The molecule has 2 aromatic rings. The first kappa shape index (κ1) is 16.1. The molecule has 0 saturated heterocycles. The zero-order chi connectivity index (χ0) is 15.5. The minimum absolute atomic E-state index is 0.103. The van der Waals surface area contributed by atoms with Crippen molar-refractivity contribution in [3.63, 3.8) is 0 Å². The van der Waals surface area contributed by atoms with E-state index >= 15 is 0 Å². The molecule has 2 aromatic heterocycles. The fourth-order valence-corrected chi connectivity index (χ4v) is 2.68. The van der Waals surface area contributed by atoms with Crippen LogP contribution >= 0.6 is 11.3 Å². The number of anilines is 1. The van der Waals surface area contributed by atoms with E-state index in [4.69, 9.17) is 0 Å². The largest absolute Gasteiger partial charge is 0.394 e. The van der Waals surface area contributed by atoms with Gasteiger partial charge in [-0.3, -0.25) is 4.90 Å². The van der Waals surface area contributed by atoms with E-state index in [2.05, 4.69) is 33.2 Å². The van der Waals surface area contributed by atoms with Crippen LogP contribution in [0.1, 0.15) is 33.0 Å². The van der Waals surface area contributed by atoms with Gasteiger partial charge in [-0.25, -0.2) is 9.97 Å². The van der Waals surface area contributed by atoms with Crippen molar-refractivity contribution in [1.29, 1.82) is 0 Å². The van der Waals surface area contributed by atoms with E-state index < -0.39 is 0 Å². The monoisotopic (exact) mass is 308 g/mol. The first-order valence-electron chi connectivity index (χ1n) is 7.28. The summed E-state index contributed by atoms with van der Waals surface area (Å²) < 4.78 is 0. The number of aliphatic hydroxyl groups is 1. The number of aromatic nitrogens is 2. The molecule has 0 unspecified atom stereocenters. The van der Waals surface area contributed by atoms with Crippen molar-refractivity contribution in [3.05, 3.63) is 17.3 Å². The van der Waals surface area contributed by atoms with Crippen molar-refractivity contribution < 1.29 is 5.11 Å². The Labute approximate surface area is 130 Å². The summed E-state index contributed by atoms with van der Waals surface area (Å²) in [5, 5.41) is 16.0. The molecule has 2 N–H and O–H groups in total. The number of hydrogen-bond acceptors (Lipinski definition) is 6. The van der Waals surface area contributed by atoms with Crippen LogP contribution < -0.4 is 5.32 Å². The van der Waals surface area contributed by atoms with Crippen molar-refractivity contribution in [2.24, 2.45) is 0 Å². The lowest BCUT2D eigenvalue weighted by Crippen LogP contribution is -2.43. The number of hydrogen-bond donors (Lipinski definition) is 2. The summed E-state index contributed by atoms with van der Waals surface area (Å²) in [5.74, 6) is 1.70. The normalized spacial score (nSPS) is 12.3. The molecule has 116 valence electrons. The van der Waals surface area contributed by atoms with Crippen LogP contribution in [0.2, 0.25) is 0 Å². The Morgan fingerprint density at radius 2 is 2.14 bits per heavy atom. The Hall–Kier alpha value is -1.24. The van der Waals surface area contributed by atoms with Crippen LogP contribution in [-0.2, 0) is 6.54 Å². The second-order valence-electron chi connectivity index (χ2n) is 5.88. The molecule has 0 fully saturated rings. The first-order valence-corrected chi connectivity index (χ1v) is 8.16. The van der Waals surface area contributed by atoms with Gasteiger partial charge in [0, 0.05) is 12.1 Å². The molecule has 21 heavy (non-hydrogen) atoms. The predicted octanol–water partition coefficient (Wildman–Crippen LogP) is 2.72. The Kier molecular flexibility index (Phi) is 5.13. The molecule has 0 atom stereocenters. The molecule has 0 radical (unpaired) electrons. The van der Waals surface area contributed by atoms with Gasteiger partial charge in [-0.05, 0) is 38.8 Å². The molecule has 0 amide bonds. The molecule has 6 heteroatoms. The van der Waals surface area contributed by atoms with Gasteiger partial charge in [0.1, 0.15) is 16.5 Å². The minimum Gasteiger partial charge on any atom is -0.394 e. The summed E-state index contributed by atoms with van der Waals surface area (Å²) >= 11 is 1.63. The van der Waals surface area contributed by atoms with Gasteiger partial charge in [-0.2, -0.15) is 0 Å². The van der Waals surface area contributed by atoms with Crippen molar-refractivity contribution in [1.82, 2.24) is 14.9 Å². The van der Waals surface area contributed by atoms with Gasteiger partial charge in [0.15, 0.2) is 0 Å². The highest BCUT2D eigenvalue weighted by Crippen LogP contribution is 2.26. The second-order valence-corrected chi connectivity index (χ2v) is 6.78. The zero-order valence-corrected chi connectivity index (χ0v) is 14.0. The van der Waals surface area contributed by atoms with Gasteiger partial charge in [-0.15, -0.1) is 11.3 Å². The van der Waals surface area contributed by atoms with E-state index in [0.29, 0.717) is 6.54 Å². The van der Waals surface area contributed by atoms with E-state index in [0.717, 1.165) is 34.8 Å². The summed E-state index contributed by atoms with van der Waals surface area (Å²) in [5.41, 5.74) is -0.287. The summed E-state index contributed by atoms with van der Waals surface area (Å²) in [7, 11) is 1.98. The minimum atomic E-state index is -0.287. The maximum Gasteiger partial charge on any atom is 0.146 e. The smallest absolute Gasteiger partial charge is 0.146 e. The Morgan fingerprint density at radius 3 is 2.81 bits per heavy atom. The van der Waals surface area contributed by atoms with Crippen LogP contribution in [0, 0.1) is 0 Å². The number of fused-ring (bicyclic) bond motifs is 1. The number of likely N-dealkylation sites (N-methyl/N-ethyl adjacent to an activating group) is 1. The molecule has 0 aliphatic heterocycles. The number of nitrogens with one attached hydrogen (secondary N) is 1. The van der Waals surface area contributed by atoms with Crippen molar-refractivity contribution >= 4 is 27.4 Å². The lowest BCUT2D eigenvalue weighted by Gasteiger charge is -2.33. The number of rotatable bonds is 7. The van der Waals surface area contributed by atoms with Gasteiger partial charge in [0.05, 0.1) is 18.5 Å². The Bertz CT molecular complexity index is 596. The van der Waals surface area contributed by atoms with Crippen LogP contribution in [0.3, 0.4) is 0 Å². The van der Waals surface area contributed by atoms with Gasteiger partial charge in [0.25, 0.3) is 0 Å². The van der Waals surface area contributed by atoms with Crippen molar-refractivity contribution in [2.75, 3.05) is 25.5 Å². The molecule has 0 aliphatic rings. The van der Waals surface area contributed by atoms with Gasteiger partial charge < -0.3 is 10.4 Å². The third-order valence-electron chi connectivity index (χ3n) is 3.71. The van der Waals surface area contributed by atoms with E-state index in [1.807, 2.05) is 26.3 Å². The van der Waals surface area contributed by atoms with E-state index in [1.165, 1.54) is 0 Å². The van der Waals surface area contributed by atoms with E-state index in [9.17, 15) is 5.11 Å². The maximum atomic E-state index is 9.46. The molecular weight excluding hydrogens is 284 g/mol. The van der Waals surface area contributed by atoms with Gasteiger partial charge in [0.2, 0.25) is 0 Å². The van der Waals surface area contributed by atoms with Crippen LogP contribution in [0.15, 0.2) is 11.4 Å². The standard InChI is InChI=1S/C15H24N4OS/c1-5-7-16-13-11-6-8-21-14(11)18-12(17-13)9-19(4)15(2,3)10-20/h6,8,20H,5,7,9-10H2,1-4H3,(H,16,17,18). The number of aliphatic hydroxyl groups excluding tert-OH is 1. The van der Waals surface area contributed by atoms with Crippen LogP contribution in [-0.4, -0.2) is 45.7 Å². The Morgan fingerprint density at radius 1 is 1.38 bits per heavy atom. The highest BCUT2D eigenvalue weighted by atomic mass is 32.1. The lowest BCUT2D eigenvalue weighted by atomic mass is 10.1. The summed E-state index contributed by atoms with van der Waals surface area (Å²) in [6.07, 6.45) is 1.06. The average molecular weight is 308 g/mol. The topological polar surface area (TPSA) is 61.3 Å². The summed E-state index contributed by atoms with van der Waals surface area (Å²) in [6.45, 7) is 7.77. The number of nitrogens with zero attached hydrogens (tertiary/aromatic N) is 3. The van der Waals surface area contributed by atoms with E-state index in [1.54, 1.807) is 11.3 Å². The summed E-state index contributed by atoms with van der Waals surface area (Å²) in [4.78, 5) is 12.4. The van der Waals surface area contributed by atoms with Gasteiger partial charge in [-0.1, -0.05) is 6.92 Å². The molecule has 2 heterocycles. The SMILES string of the molecule is CCCNc1nc(CN(C)C(C)(C)CO)nc2sccc12. The van der Waals surface area contributed by atoms with Crippen molar-refractivity contribution in [3.8, 4) is 0 Å². The number of thiophene rings is 1. The molecule has 0 spiro atoms. The fraction of sp³-hybridized carbons (Fsp3) is 0.600. The highest BCUT2D eigenvalue weighted by molar-refractivity contribution is 7.16. The fourth-order valence-electron chi connectivity index (χ4n) is 1.90. The maximum absolute atomic E-state index is 9.46. The average Bonchev–Trinajstić information content (AvgIpc) is 2.93. The molecular formula is C15H24N4OS. The third-order valence-corrected chi connectivity index (χ3v) is 4.52. The molecule has 0 saturated carbocycles. The third kappa shape index (κ3) is 3.70. The van der Waals surface area contributed by atoms with E-state index in [-0.39, 0.29) is 12.1 Å². The molecule has 2 rings (SSSR count).